The zero-order valence-corrected chi connectivity index (χ0v) is 17.3. The standard InChI is InChI=1S/C17H24N4O4S2/c1-4-15-5-7-16(8-6-15)26(22,23)20-9-11-21(12-10-20)27(24,25)17-13-19(3)18-14(17)2/h5-8,13H,4,9-12H2,1-3H3. The van der Waals surface area contributed by atoms with Gasteiger partial charge in [-0.25, -0.2) is 16.8 Å². The van der Waals surface area contributed by atoms with Gasteiger partial charge in [0, 0.05) is 39.4 Å². The van der Waals surface area contributed by atoms with E-state index in [9.17, 15) is 16.8 Å². The van der Waals surface area contributed by atoms with Gasteiger partial charge in [0.2, 0.25) is 20.0 Å². The molecule has 27 heavy (non-hydrogen) atoms. The van der Waals surface area contributed by atoms with E-state index in [0.717, 1.165) is 12.0 Å². The van der Waals surface area contributed by atoms with E-state index in [1.54, 1.807) is 38.2 Å². The average molecular weight is 413 g/mol. The smallest absolute Gasteiger partial charge is 0.246 e. The summed E-state index contributed by atoms with van der Waals surface area (Å²) in [4.78, 5) is 0.399. The highest BCUT2D eigenvalue weighted by atomic mass is 32.2. The third-order valence-electron chi connectivity index (χ3n) is 4.75. The summed E-state index contributed by atoms with van der Waals surface area (Å²) in [5.74, 6) is 0. The zero-order valence-electron chi connectivity index (χ0n) is 15.7. The lowest BCUT2D eigenvalue weighted by molar-refractivity contribution is 0.272. The molecule has 0 amide bonds. The molecule has 0 radical (unpaired) electrons. The first kappa shape index (κ1) is 20.0. The molecule has 1 aromatic heterocycles. The molecule has 0 bridgehead atoms. The molecule has 0 aliphatic carbocycles. The summed E-state index contributed by atoms with van der Waals surface area (Å²) < 4.78 is 55.4. The largest absolute Gasteiger partial charge is 0.274 e. The third-order valence-corrected chi connectivity index (χ3v) is 8.67. The van der Waals surface area contributed by atoms with Gasteiger partial charge < -0.3 is 0 Å². The van der Waals surface area contributed by atoms with E-state index in [1.807, 2.05) is 6.92 Å². The fourth-order valence-corrected chi connectivity index (χ4v) is 6.21. The van der Waals surface area contributed by atoms with Gasteiger partial charge in [0.25, 0.3) is 0 Å². The third kappa shape index (κ3) is 3.79. The quantitative estimate of drug-likeness (QED) is 0.730. The van der Waals surface area contributed by atoms with Gasteiger partial charge in [0.15, 0.2) is 0 Å². The Morgan fingerprint density at radius 3 is 1.89 bits per heavy atom. The summed E-state index contributed by atoms with van der Waals surface area (Å²) in [6.45, 7) is 4.12. The Balaban J connectivity index is 1.75. The van der Waals surface area contributed by atoms with Crippen LogP contribution in [0.25, 0.3) is 0 Å². The second-order valence-corrected chi connectivity index (χ2v) is 10.4. The van der Waals surface area contributed by atoms with Crippen LogP contribution in [-0.2, 0) is 33.5 Å². The topological polar surface area (TPSA) is 92.6 Å². The lowest BCUT2D eigenvalue weighted by Crippen LogP contribution is -2.50. The number of piperazine rings is 1. The van der Waals surface area contributed by atoms with E-state index in [4.69, 9.17) is 0 Å². The van der Waals surface area contributed by atoms with E-state index >= 15 is 0 Å². The number of benzene rings is 1. The zero-order chi connectivity index (χ0) is 19.8. The van der Waals surface area contributed by atoms with Crippen molar-refractivity contribution in [1.29, 1.82) is 0 Å². The molecule has 1 fully saturated rings. The van der Waals surface area contributed by atoms with Crippen LogP contribution in [0.1, 0.15) is 18.2 Å². The van der Waals surface area contributed by atoms with Crippen molar-refractivity contribution in [2.75, 3.05) is 26.2 Å². The van der Waals surface area contributed by atoms with Gasteiger partial charge >= 0.3 is 0 Å². The SMILES string of the molecule is CCc1ccc(S(=O)(=O)N2CCN(S(=O)(=O)c3cn(C)nc3C)CC2)cc1. The molecule has 0 spiro atoms. The van der Waals surface area contributed by atoms with Gasteiger partial charge in [0.05, 0.1) is 10.6 Å². The maximum Gasteiger partial charge on any atom is 0.246 e. The lowest BCUT2D eigenvalue weighted by atomic mass is 10.2. The lowest BCUT2D eigenvalue weighted by Gasteiger charge is -2.33. The molecule has 1 saturated heterocycles. The molecular weight excluding hydrogens is 388 g/mol. The van der Waals surface area contributed by atoms with E-state index < -0.39 is 20.0 Å². The molecule has 1 aliphatic heterocycles. The minimum absolute atomic E-state index is 0.114. The number of sulfonamides is 2. The fourth-order valence-electron chi connectivity index (χ4n) is 3.17. The molecule has 2 aromatic rings. The van der Waals surface area contributed by atoms with Crippen molar-refractivity contribution >= 4 is 20.0 Å². The van der Waals surface area contributed by atoms with Crippen LogP contribution in [0.2, 0.25) is 0 Å². The molecule has 3 rings (SSSR count). The summed E-state index contributed by atoms with van der Waals surface area (Å²) in [6.07, 6.45) is 2.31. The van der Waals surface area contributed by atoms with Crippen molar-refractivity contribution < 1.29 is 16.8 Å². The number of nitrogens with zero attached hydrogens (tertiary/aromatic N) is 4. The van der Waals surface area contributed by atoms with Gasteiger partial charge in [-0.1, -0.05) is 19.1 Å². The maximum atomic E-state index is 12.8. The van der Waals surface area contributed by atoms with Gasteiger partial charge in [-0.15, -0.1) is 0 Å². The Labute approximate surface area is 160 Å². The molecule has 0 saturated carbocycles. The predicted octanol–water partition coefficient (Wildman–Crippen LogP) is 0.986. The van der Waals surface area contributed by atoms with Crippen LogP contribution in [0.15, 0.2) is 40.3 Å². The molecule has 8 nitrogen and oxygen atoms in total. The molecule has 0 atom stereocenters. The van der Waals surface area contributed by atoms with E-state index in [1.165, 1.54) is 19.5 Å². The molecule has 1 aliphatic rings. The van der Waals surface area contributed by atoms with Crippen LogP contribution in [-0.4, -0.2) is 61.4 Å². The number of hydrogen-bond donors (Lipinski definition) is 0. The van der Waals surface area contributed by atoms with Crippen molar-refractivity contribution in [3.05, 3.63) is 41.7 Å². The first-order valence-corrected chi connectivity index (χ1v) is 11.6. The molecule has 148 valence electrons. The van der Waals surface area contributed by atoms with Crippen molar-refractivity contribution in [2.24, 2.45) is 7.05 Å². The number of aryl methyl sites for hydroxylation is 3. The number of aromatic nitrogens is 2. The Kier molecular flexibility index (Phi) is 5.44. The van der Waals surface area contributed by atoms with Crippen molar-refractivity contribution in [3.63, 3.8) is 0 Å². The second-order valence-electron chi connectivity index (χ2n) is 6.56. The van der Waals surface area contributed by atoms with E-state index in [0.29, 0.717) is 5.69 Å². The minimum atomic E-state index is -3.69. The molecule has 2 heterocycles. The molecular formula is C17H24N4O4S2. The molecule has 10 heteroatoms. The predicted molar refractivity (Wildman–Crippen MR) is 101 cm³/mol. The van der Waals surface area contributed by atoms with Crippen molar-refractivity contribution in [1.82, 2.24) is 18.4 Å². The average Bonchev–Trinajstić information content (AvgIpc) is 3.01. The van der Waals surface area contributed by atoms with Gasteiger partial charge in [-0.2, -0.15) is 13.7 Å². The minimum Gasteiger partial charge on any atom is -0.274 e. The summed E-state index contributed by atoms with van der Waals surface area (Å²) >= 11 is 0. The summed E-state index contributed by atoms with van der Waals surface area (Å²) in [5.41, 5.74) is 1.50. The number of hydrogen-bond acceptors (Lipinski definition) is 5. The van der Waals surface area contributed by atoms with Gasteiger partial charge in [0.1, 0.15) is 4.90 Å². The van der Waals surface area contributed by atoms with Crippen LogP contribution < -0.4 is 0 Å². The van der Waals surface area contributed by atoms with Crippen molar-refractivity contribution in [3.8, 4) is 0 Å². The Morgan fingerprint density at radius 2 is 1.44 bits per heavy atom. The summed E-state index contributed by atoms with van der Waals surface area (Å²) in [7, 11) is -5.65. The Bertz CT molecular complexity index is 1020. The summed E-state index contributed by atoms with van der Waals surface area (Å²) in [6, 6.07) is 6.82. The second kappa shape index (κ2) is 7.34. The summed E-state index contributed by atoms with van der Waals surface area (Å²) in [5, 5.41) is 4.08. The van der Waals surface area contributed by atoms with Crippen molar-refractivity contribution in [2.45, 2.75) is 30.1 Å². The van der Waals surface area contributed by atoms with Crippen LogP contribution in [0, 0.1) is 6.92 Å². The van der Waals surface area contributed by atoms with Crippen LogP contribution in [0.5, 0.6) is 0 Å². The van der Waals surface area contributed by atoms with Crippen LogP contribution in [0.4, 0.5) is 0 Å². The molecule has 0 N–H and O–H groups in total. The highest BCUT2D eigenvalue weighted by molar-refractivity contribution is 7.89. The highest BCUT2D eigenvalue weighted by Gasteiger charge is 2.35. The molecule has 0 unspecified atom stereocenters. The molecule has 1 aromatic carbocycles. The first-order chi connectivity index (χ1) is 12.7. The van der Waals surface area contributed by atoms with E-state index in [2.05, 4.69) is 5.10 Å². The van der Waals surface area contributed by atoms with Gasteiger partial charge in [-0.05, 0) is 31.0 Å². The Hall–Kier alpha value is -1.75. The maximum absolute atomic E-state index is 12.8. The van der Waals surface area contributed by atoms with Crippen LogP contribution >= 0.6 is 0 Å². The highest BCUT2D eigenvalue weighted by Crippen LogP contribution is 2.23. The monoisotopic (exact) mass is 412 g/mol. The Morgan fingerprint density at radius 1 is 0.926 bits per heavy atom. The van der Waals surface area contributed by atoms with Gasteiger partial charge in [-0.3, -0.25) is 4.68 Å². The first-order valence-electron chi connectivity index (χ1n) is 8.75. The fraction of sp³-hybridized carbons (Fsp3) is 0.471. The van der Waals surface area contributed by atoms with E-state index in [-0.39, 0.29) is 36.0 Å². The van der Waals surface area contributed by atoms with Crippen LogP contribution in [0.3, 0.4) is 0 Å². The number of rotatable bonds is 5. The normalized spacial score (nSPS) is 17.3.